The Morgan fingerprint density at radius 2 is 2.09 bits per heavy atom. The van der Waals surface area contributed by atoms with Gasteiger partial charge in [0, 0.05) is 42.5 Å². The molecule has 10 nitrogen and oxygen atoms in total. The summed E-state index contributed by atoms with van der Waals surface area (Å²) < 4.78 is 21.1. The molecule has 1 aliphatic heterocycles. The van der Waals surface area contributed by atoms with E-state index >= 15 is 0 Å². The molecule has 1 saturated heterocycles. The number of ether oxygens (including phenoxy) is 1. The molecule has 2 aromatic heterocycles. The van der Waals surface area contributed by atoms with Crippen molar-refractivity contribution in [2.45, 2.75) is 25.2 Å². The maximum atomic E-state index is 14.0. The van der Waals surface area contributed by atoms with E-state index in [1.54, 1.807) is 41.5 Å². The molecule has 0 aliphatic carbocycles. The smallest absolute Gasteiger partial charge is 0.263 e. The Morgan fingerprint density at radius 1 is 1.33 bits per heavy atom. The molecular formula is C22H23FN6O4. The van der Waals surface area contributed by atoms with Gasteiger partial charge in [0.05, 0.1) is 18.8 Å². The second-order valence-corrected chi connectivity index (χ2v) is 7.64. The molecule has 2 unspecified atom stereocenters. The number of anilines is 2. The molecule has 3 aromatic rings. The second kappa shape index (κ2) is 9.06. The third kappa shape index (κ3) is 4.33. The number of nitrogens with one attached hydrogen (secondary N) is 1. The van der Waals surface area contributed by atoms with Crippen LogP contribution >= 0.6 is 0 Å². The Kier molecular flexibility index (Phi) is 6.18. The summed E-state index contributed by atoms with van der Waals surface area (Å²) in [5.41, 5.74) is 4.74. The number of benzene rings is 1. The van der Waals surface area contributed by atoms with Gasteiger partial charge in [0.15, 0.2) is 17.5 Å². The van der Waals surface area contributed by atoms with Crippen molar-refractivity contribution in [1.82, 2.24) is 14.8 Å². The summed E-state index contributed by atoms with van der Waals surface area (Å²) in [5.74, 6) is -1.77. The van der Waals surface area contributed by atoms with Crippen LogP contribution in [0.5, 0.6) is 0 Å². The number of halogens is 1. The molecule has 2 amide bonds. The fourth-order valence-electron chi connectivity index (χ4n) is 3.54. The minimum Gasteiger partial charge on any atom is -0.380 e. The van der Waals surface area contributed by atoms with E-state index in [4.69, 9.17) is 10.5 Å². The zero-order valence-corrected chi connectivity index (χ0v) is 17.8. The van der Waals surface area contributed by atoms with Crippen LogP contribution in [-0.2, 0) is 20.9 Å². The highest BCUT2D eigenvalue weighted by Crippen LogP contribution is 2.28. The third-order valence-electron chi connectivity index (χ3n) is 5.48. The molecule has 0 bridgehead atoms. The molecule has 0 spiro atoms. The van der Waals surface area contributed by atoms with Crippen LogP contribution in [0.3, 0.4) is 0 Å². The topological polar surface area (TPSA) is 136 Å². The number of aromatic nitrogens is 3. The standard InChI is InChI=1S/C22H23FN6O4/c1-22(19(30)20(31)26-15-3-2-14(13-24)17(23)12-15)21(32)28(10-11-33-22)18-6-9-29(27-18)16-4-7-25-8-5-16/h2-9,12,19,30H,10-11,13,24H2,1H3,(H,26,31). The Bertz CT molecular complexity index is 1170. The van der Waals surface area contributed by atoms with E-state index in [1.165, 1.54) is 24.0 Å². The lowest BCUT2D eigenvalue weighted by Gasteiger charge is -2.40. The van der Waals surface area contributed by atoms with Gasteiger partial charge in [-0.1, -0.05) is 6.07 Å². The largest absolute Gasteiger partial charge is 0.380 e. The van der Waals surface area contributed by atoms with Crippen molar-refractivity contribution < 1.29 is 23.8 Å². The molecular weight excluding hydrogens is 431 g/mol. The molecule has 1 aromatic carbocycles. The van der Waals surface area contributed by atoms with Crippen molar-refractivity contribution in [2.75, 3.05) is 23.4 Å². The highest BCUT2D eigenvalue weighted by molar-refractivity contribution is 6.05. The van der Waals surface area contributed by atoms with Crippen LogP contribution in [0.1, 0.15) is 12.5 Å². The fraction of sp³-hybridized carbons (Fsp3) is 0.273. The van der Waals surface area contributed by atoms with Gasteiger partial charge in [-0.3, -0.25) is 19.5 Å². The molecule has 172 valence electrons. The molecule has 33 heavy (non-hydrogen) atoms. The molecule has 3 heterocycles. The van der Waals surface area contributed by atoms with Gasteiger partial charge in [0.2, 0.25) is 0 Å². The summed E-state index contributed by atoms with van der Waals surface area (Å²) in [6.07, 6.45) is 3.08. The number of hydrogen-bond acceptors (Lipinski definition) is 7. The van der Waals surface area contributed by atoms with Crippen LogP contribution in [0.25, 0.3) is 5.69 Å². The Balaban J connectivity index is 1.51. The maximum Gasteiger partial charge on any atom is 0.263 e. The molecule has 0 saturated carbocycles. The maximum absolute atomic E-state index is 14.0. The molecule has 1 aliphatic rings. The van der Waals surface area contributed by atoms with Gasteiger partial charge in [0.25, 0.3) is 11.8 Å². The van der Waals surface area contributed by atoms with E-state index in [9.17, 15) is 19.1 Å². The van der Waals surface area contributed by atoms with Gasteiger partial charge in [-0.05, 0) is 31.2 Å². The number of nitrogens with zero attached hydrogens (tertiary/aromatic N) is 4. The fourth-order valence-corrected chi connectivity index (χ4v) is 3.54. The van der Waals surface area contributed by atoms with E-state index < -0.39 is 29.3 Å². The lowest BCUT2D eigenvalue weighted by atomic mass is 9.94. The predicted molar refractivity (Wildman–Crippen MR) is 117 cm³/mol. The van der Waals surface area contributed by atoms with Crippen molar-refractivity contribution in [3.05, 3.63) is 66.4 Å². The summed E-state index contributed by atoms with van der Waals surface area (Å²) >= 11 is 0. The van der Waals surface area contributed by atoms with Gasteiger partial charge in [-0.2, -0.15) is 0 Å². The van der Waals surface area contributed by atoms with Crippen molar-refractivity contribution in [1.29, 1.82) is 0 Å². The molecule has 4 N–H and O–H groups in total. The second-order valence-electron chi connectivity index (χ2n) is 7.64. The van der Waals surface area contributed by atoms with Gasteiger partial charge in [0.1, 0.15) is 5.82 Å². The summed E-state index contributed by atoms with van der Waals surface area (Å²) in [7, 11) is 0. The van der Waals surface area contributed by atoms with Crippen LogP contribution in [0.15, 0.2) is 55.0 Å². The van der Waals surface area contributed by atoms with Crippen molar-refractivity contribution in [2.24, 2.45) is 5.73 Å². The van der Waals surface area contributed by atoms with Crippen molar-refractivity contribution in [3.63, 3.8) is 0 Å². The number of morpholine rings is 1. The van der Waals surface area contributed by atoms with Crippen LogP contribution in [0, 0.1) is 5.82 Å². The van der Waals surface area contributed by atoms with Crippen LogP contribution in [-0.4, -0.2) is 56.5 Å². The molecule has 1 fully saturated rings. The number of amides is 2. The van der Waals surface area contributed by atoms with Gasteiger partial charge >= 0.3 is 0 Å². The van der Waals surface area contributed by atoms with Crippen LogP contribution in [0.4, 0.5) is 15.9 Å². The first-order chi connectivity index (χ1) is 15.8. The zero-order valence-electron chi connectivity index (χ0n) is 17.8. The van der Waals surface area contributed by atoms with Crippen molar-refractivity contribution >= 4 is 23.3 Å². The Labute approximate surface area is 188 Å². The number of aliphatic hydroxyl groups is 1. The number of hydrogen-bond donors (Lipinski definition) is 3. The first kappa shape index (κ1) is 22.5. The molecule has 0 radical (unpaired) electrons. The van der Waals surface area contributed by atoms with Gasteiger partial charge in [-0.25, -0.2) is 9.07 Å². The average molecular weight is 454 g/mol. The van der Waals surface area contributed by atoms with E-state index in [1.807, 2.05) is 0 Å². The van der Waals surface area contributed by atoms with Gasteiger partial charge in [-0.15, -0.1) is 5.10 Å². The quantitative estimate of drug-likeness (QED) is 0.505. The van der Waals surface area contributed by atoms with E-state index in [0.717, 1.165) is 11.8 Å². The molecule has 4 rings (SSSR count). The third-order valence-corrected chi connectivity index (χ3v) is 5.48. The molecule has 11 heteroatoms. The predicted octanol–water partition coefficient (Wildman–Crippen LogP) is 0.987. The monoisotopic (exact) mass is 454 g/mol. The summed E-state index contributed by atoms with van der Waals surface area (Å²) in [6, 6.07) is 9.16. The van der Waals surface area contributed by atoms with Crippen LogP contribution in [0.2, 0.25) is 0 Å². The average Bonchev–Trinajstić information content (AvgIpc) is 3.31. The number of pyridine rings is 1. The van der Waals surface area contributed by atoms with E-state index in [0.29, 0.717) is 5.82 Å². The lowest BCUT2D eigenvalue weighted by Crippen LogP contribution is -2.63. The first-order valence-electron chi connectivity index (χ1n) is 10.2. The Morgan fingerprint density at radius 3 is 2.79 bits per heavy atom. The minimum atomic E-state index is -1.86. The SMILES string of the molecule is CC1(C(O)C(=O)Nc2ccc(CN)c(F)c2)OCCN(c2ccn(-c3ccncc3)n2)C1=O. The van der Waals surface area contributed by atoms with E-state index in [-0.39, 0.29) is 30.9 Å². The first-order valence-corrected chi connectivity index (χ1v) is 10.2. The van der Waals surface area contributed by atoms with Crippen molar-refractivity contribution in [3.8, 4) is 5.69 Å². The van der Waals surface area contributed by atoms with E-state index in [2.05, 4.69) is 15.4 Å². The zero-order chi connectivity index (χ0) is 23.6. The van der Waals surface area contributed by atoms with Gasteiger partial charge < -0.3 is 20.9 Å². The van der Waals surface area contributed by atoms with Crippen LogP contribution < -0.4 is 16.0 Å². The summed E-state index contributed by atoms with van der Waals surface area (Å²) in [6.45, 7) is 1.62. The lowest BCUT2D eigenvalue weighted by molar-refractivity contribution is -0.170. The highest BCUT2D eigenvalue weighted by Gasteiger charge is 2.51. The normalized spacial score (nSPS) is 19.4. The molecule has 2 atom stereocenters. The number of carbonyl (C=O) groups is 2. The Hall–Kier alpha value is -3.67. The highest BCUT2D eigenvalue weighted by atomic mass is 19.1. The number of nitrogens with two attached hydrogens (primary N) is 1. The minimum absolute atomic E-state index is 0.00978. The number of aliphatic hydroxyl groups excluding tert-OH is 1. The summed E-state index contributed by atoms with van der Waals surface area (Å²) in [5, 5.41) is 17.6. The summed E-state index contributed by atoms with van der Waals surface area (Å²) in [4.78, 5) is 31.3. The number of carbonyl (C=O) groups excluding carboxylic acids is 2. The number of rotatable bonds is 6.